The predicted octanol–water partition coefficient (Wildman–Crippen LogP) is 1.31. The van der Waals surface area contributed by atoms with E-state index in [1.165, 1.54) is 4.90 Å². The summed E-state index contributed by atoms with van der Waals surface area (Å²) < 4.78 is 0. The molecule has 0 aromatic rings. The number of aliphatic carboxylic acids is 1. The third-order valence-electron chi connectivity index (χ3n) is 2.07. The van der Waals surface area contributed by atoms with Gasteiger partial charge in [-0.1, -0.05) is 26.0 Å². The van der Waals surface area contributed by atoms with Crippen molar-refractivity contribution in [1.29, 1.82) is 0 Å². The summed E-state index contributed by atoms with van der Waals surface area (Å²) in [5.74, 6) is -1.17. The van der Waals surface area contributed by atoms with Gasteiger partial charge in [-0.15, -0.1) is 0 Å². The molecule has 0 aliphatic heterocycles. The van der Waals surface area contributed by atoms with Crippen molar-refractivity contribution >= 4 is 12.0 Å². The number of nitrogens with zero attached hydrogens (tertiary/aromatic N) is 1. The Labute approximate surface area is 96.1 Å². The summed E-state index contributed by atoms with van der Waals surface area (Å²) in [4.78, 5) is 23.9. The second-order valence-electron chi connectivity index (χ2n) is 4.32. The topological polar surface area (TPSA) is 69.6 Å². The minimum Gasteiger partial charge on any atom is -0.480 e. The largest absolute Gasteiger partial charge is 0.480 e. The summed E-state index contributed by atoms with van der Waals surface area (Å²) in [5.41, 5.74) is 0.842. The average molecular weight is 228 g/mol. The smallest absolute Gasteiger partial charge is 0.326 e. The van der Waals surface area contributed by atoms with Gasteiger partial charge in [0.1, 0.15) is 6.04 Å². The van der Waals surface area contributed by atoms with Crippen molar-refractivity contribution in [2.24, 2.45) is 5.92 Å². The Morgan fingerprint density at radius 3 is 2.25 bits per heavy atom. The van der Waals surface area contributed by atoms with Crippen LogP contribution >= 0.6 is 0 Å². The number of likely N-dealkylation sites (N-methyl/N-ethyl adjacent to an activating group) is 1. The van der Waals surface area contributed by atoms with E-state index in [1.807, 2.05) is 0 Å². The molecule has 5 heteroatoms. The minimum atomic E-state index is -1.02. The van der Waals surface area contributed by atoms with Gasteiger partial charge in [-0.05, 0) is 12.8 Å². The first-order valence-electron chi connectivity index (χ1n) is 5.14. The molecule has 0 rings (SSSR count). The van der Waals surface area contributed by atoms with E-state index in [9.17, 15) is 9.59 Å². The van der Waals surface area contributed by atoms with E-state index in [2.05, 4.69) is 11.9 Å². The molecular weight excluding hydrogens is 208 g/mol. The maximum Gasteiger partial charge on any atom is 0.326 e. The number of urea groups is 1. The number of nitrogens with one attached hydrogen (secondary N) is 1. The van der Waals surface area contributed by atoms with Gasteiger partial charge >= 0.3 is 12.0 Å². The highest BCUT2D eigenvalue weighted by Crippen LogP contribution is 2.03. The van der Waals surface area contributed by atoms with Crippen LogP contribution in [0.4, 0.5) is 4.79 Å². The van der Waals surface area contributed by atoms with Crippen LogP contribution in [0.2, 0.25) is 0 Å². The molecule has 0 saturated heterocycles. The standard InChI is InChI=1S/C11H20N2O3/c1-7(2)6-13(5)11(16)12-9(8(3)4)10(14)15/h8-9H,1,6H2,2-5H3,(H,12,16)(H,14,15)/t9-/m0/s1. The molecule has 0 saturated carbocycles. The SMILES string of the molecule is C=C(C)CN(C)C(=O)N[C@H](C(=O)O)C(C)C. The van der Waals surface area contributed by atoms with E-state index in [-0.39, 0.29) is 5.92 Å². The van der Waals surface area contributed by atoms with Crippen LogP contribution in [-0.2, 0) is 4.79 Å². The molecule has 0 aliphatic carbocycles. The van der Waals surface area contributed by atoms with Crippen LogP contribution in [0.3, 0.4) is 0 Å². The van der Waals surface area contributed by atoms with E-state index in [4.69, 9.17) is 5.11 Å². The van der Waals surface area contributed by atoms with Crippen molar-refractivity contribution < 1.29 is 14.7 Å². The molecule has 1 atom stereocenters. The zero-order valence-corrected chi connectivity index (χ0v) is 10.3. The molecule has 0 heterocycles. The summed E-state index contributed by atoms with van der Waals surface area (Å²) in [6, 6.07) is -1.26. The van der Waals surface area contributed by atoms with Gasteiger partial charge in [0, 0.05) is 13.6 Å². The number of amides is 2. The van der Waals surface area contributed by atoms with Gasteiger partial charge in [0.05, 0.1) is 0 Å². The molecule has 16 heavy (non-hydrogen) atoms. The number of hydrogen-bond acceptors (Lipinski definition) is 2. The van der Waals surface area contributed by atoms with Crippen LogP contribution in [0.25, 0.3) is 0 Å². The average Bonchev–Trinajstić information content (AvgIpc) is 2.11. The summed E-state index contributed by atoms with van der Waals surface area (Å²) in [6.45, 7) is 9.40. The number of rotatable bonds is 5. The molecule has 0 aromatic carbocycles. The zero-order valence-electron chi connectivity index (χ0n) is 10.3. The fourth-order valence-corrected chi connectivity index (χ4v) is 1.23. The molecule has 2 N–H and O–H groups in total. The van der Waals surface area contributed by atoms with Gasteiger partial charge in [-0.2, -0.15) is 0 Å². The summed E-state index contributed by atoms with van der Waals surface area (Å²) in [6.07, 6.45) is 0. The summed E-state index contributed by atoms with van der Waals surface area (Å²) in [5, 5.41) is 11.4. The van der Waals surface area contributed by atoms with Crippen molar-refractivity contribution in [3.05, 3.63) is 12.2 Å². The Kier molecular flexibility index (Phi) is 5.56. The normalized spacial score (nSPS) is 12.1. The Morgan fingerprint density at radius 2 is 1.94 bits per heavy atom. The Balaban J connectivity index is 4.40. The zero-order chi connectivity index (χ0) is 12.9. The van der Waals surface area contributed by atoms with Gasteiger partial charge in [-0.3, -0.25) is 0 Å². The van der Waals surface area contributed by atoms with Gasteiger partial charge in [0.2, 0.25) is 0 Å². The molecule has 2 amide bonds. The van der Waals surface area contributed by atoms with E-state index >= 15 is 0 Å². The minimum absolute atomic E-state index is 0.153. The molecule has 0 bridgehead atoms. The maximum absolute atomic E-state index is 11.6. The Bertz CT molecular complexity index is 287. The summed E-state index contributed by atoms with van der Waals surface area (Å²) >= 11 is 0. The van der Waals surface area contributed by atoms with Crippen LogP contribution in [0.15, 0.2) is 12.2 Å². The highest BCUT2D eigenvalue weighted by molar-refractivity contribution is 5.82. The molecule has 0 fully saturated rings. The fourth-order valence-electron chi connectivity index (χ4n) is 1.23. The Hall–Kier alpha value is -1.52. The Morgan fingerprint density at radius 1 is 1.44 bits per heavy atom. The number of carboxylic acids is 1. The molecule has 0 unspecified atom stereocenters. The number of carbonyl (C=O) groups is 2. The van der Waals surface area contributed by atoms with Crippen LogP contribution in [0.1, 0.15) is 20.8 Å². The van der Waals surface area contributed by atoms with E-state index in [1.54, 1.807) is 27.8 Å². The van der Waals surface area contributed by atoms with Crippen LogP contribution in [-0.4, -0.2) is 41.6 Å². The van der Waals surface area contributed by atoms with Crippen molar-refractivity contribution in [2.75, 3.05) is 13.6 Å². The lowest BCUT2D eigenvalue weighted by Gasteiger charge is -2.23. The first kappa shape index (κ1) is 14.5. The molecule has 5 nitrogen and oxygen atoms in total. The van der Waals surface area contributed by atoms with Crippen LogP contribution in [0.5, 0.6) is 0 Å². The lowest BCUT2D eigenvalue weighted by atomic mass is 10.1. The van der Waals surface area contributed by atoms with Gasteiger partial charge in [0.15, 0.2) is 0 Å². The predicted molar refractivity (Wildman–Crippen MR) is 62.2 cm³/mol. The monoisotopic (exact) mass is 228 g/mol. The quantitative estimate of drug-likeness (QED) is 0.697. The van der Waals surface area contributed by atoms with Crippen LogP contribution in [0, 0.1) is 5.92 Å². The van der Waals surface area contributed by atoms with Crippen molar-refractivity contribution in [1.82, 2.24) is 10.2 Å². The van der Waals surface area contributed by atoms with E-state index < -0.39 is 18.0 Å². The second kappa shape index (κ2) is 6.15. The van der Waals surface area contributed by atoms with Crippen molar-refractivity contribution in [2.45, 2.75) is 26.8 Å². The first-order valence-corrected chi connectivity index (χ1v) is 5.14. The third kappa shape index (κ3) is 4.82. The van der Waals surface area contributed by atoms with Gasteiger partial charge < -0.3 is 15.3 Å². The maximum atomic E-state index is 11.6. The highest BCUT2D eigenvalue weighted by atomic mass is 16.4. The lowest BCUT2D eigenvalue weighted by molar-refractivity contribution is -0.140. The lowest BCUT2D eigenvalue weighted by Crippen LogP contribution is -2.49. The van der Waals surface area contributed by atoms with Crippen molar-refractivity contribution in [3.63, 3.8) is 0 Å². The first-order chi connectivity index (χ1) is 7.25. The second-order valence-corrected chi connectivity index (χ2v) is 4.32. The molecular formula is C11H20N2O3. The van der Waals surface area contributed by atoms with Crippen LogP contribution < -0.4 is 5.32 Å². The molecule has 92 valence electrons. The highest BCUT2D eigenvalue weighted by Gasteiger charge is 2.24. The summed E-state index contributed by atoms with van der Waals surface area (Å²) in [7, 11) is 1.60. The van der Waals surface area contributed by atoms with Gasteiger partial charge in [-0.25, -0.2) is 9.59 Å². The fraction of sp³-hybridized carbons (Fsp3) is 0.636. The third-order valence-corrected chi connectivity index (χ3v) is 2.07. The number of carbonyl (C=O) groups excluding carboxylic acids is 1. The van der Waals surface area contributed by atoms with E-state index in [0.29, 0.717) is 6.54 Å². The van der Waals surface area contributed by atoms with Crippen molar-refractivity contribution in [3.8, 4) is 0 Å². The molecule has 0 spiro atoms. The molecule has 0 aliphatic rings. The molecule has 0 aromatic heterocycles. The van der Waals surface area contributed by atoms with Gasteiger partial charge in [0.25, 0.3) is 0 Å². The number of carboxylic acid groups (broad SMARTS) is 1. The molecule has 0 radical (unpaired) electrons. The number of hydrogen-bond donors (Lipinski definition) is 2. The van der Waals surface area contributed by atoms with E-state index in [0.717, 1.165) is 5.57 Å².